The fourth-order valence-electron chi connectivity index (χ4n) is 2.44. The van der Waals surface area contributed by atoms with Gasteiger partial charge in [-0.1, -0.05) is 0 Å². The molecule has 8 heteroatoms. The van der Waals surface area contributed by atoms with Crippen LogP contribution in [0.15, 0.2) is 54.6 Å². The number of alkyl halides is 3. The van der Waals surface area contributed by atoms with Crippen molar-refractivity contribution in [2.24, 2.45) is 0 Å². The third-order valence-corrected chi connectivity index (χ3v) is 7.12. The van der Waals surface area contributed by atoms with Crippen molar-refractivity contribution in [3.63, 3.8) is 0 Å². The van der Waals surface area contributed by atoms with E-state index in [1.54, 1.807) is 24.3 Å². The van der Waals surface area contributed by atoms with Crippen LogP contribution in [0.1, 0.15) is 13.8 Å². The van der Waals surface area contributed by atoms with Crippen LogP contribution < -0.4 is 14.5 Å². The van der Waals surface area contributed by atoms with Crippen LogP contribution in [0.2, 0.25) is 4.82 Å². The van der Waals surface area contributed by atoms with Gasteiger partial charge in [0.05, 0.1) is 0 Å². The number of benzene rings is 2. The van der Waals surface area contributed by atoms with Crippen LogP contribution in [0.5, 0.6) is 5.75 Å². The van der Waals surface area contributed by atoms with Gasteiger partial charge in [0, 0.05) is 0 Å². The van der Waals surface area contributed by atoms with Gasteiger partial charge < -0.3 is 0 Å². The van der Waals surface area contributed by atoms with Gasteiger partial charge in [-0.05, 0) is 0 Å². The van der Waals surface area contributed by atoms with Crippen molar-refractivity contribution >= 4 is 31.0 Å². The molecule has 1 amide bonds. The number of methoxy groups -OCH3 is 1. The molecule has 1 atom stereocenters. The molecule has 0 saturated carbocycles. The minimum absolute atomic E-state index is 0.416. The summed E-state index contributed by atoms with van der Waals surface area (Å²) in [5, 5.41) is 2.78. The number of ether oxygens (including phenoxy) is 2. The molecule has 0 bridgehead atoms. The van der Waals surface area contributed by atoms with E-state index in [4.69, 9.17) is 9.47 Å². The molecule has 28 heavy (non-hydrogen) atoms. The molecule has 152 valence electrons. The number of hydrogen-bond donors (Lipinski definition) is 1. The van der Waals surface area contributed by atoms with Gasteiger partial charge in [0.15, 0.2) is 0 Å². The van der Waals surface area contributed by atoms with Crippen LogP contribution >= 0.6 is 0 Å². The van der Waals surface area contributed by atoms with E-state index in [2.05, 4.69) is 5.32 Å². The third-order valence-electron chi connectivity index (χ3n) is 3.84. The first-order valence-corrected chi connectivity index (χ1v) is 10.3. The first-order valence-electron chi connectivity index (χ1n) is 8.49. The number of hydrogen-bond acceptors (Lipinski definition) is 3. The van der Waals surface area contributed by atoms with Crippen LogP contribution in [0, 0.1) is 0 Å². The second-order valence-electron chi connectivity index (χ2n) is 6.51. The summed E-state index contributed by atoms with van der Waals surface area (Å²) in [5.74, 6) is 0.0522. The molecule has 0 aromatic heterocycles. The van der Waals surface area contributed by atoms with Gasteiger partial charge in [-0.2, -0.15) is 0 Å². The van der Waals surface area contributed by atoms with E-state index in [1.807, 2.05) is 30.3 Å². The molecule has 1 unspecified atom stereocenters. The summed E-state index contributed by atoms with van der Waals surface area (Å²) in [6.45, 7) is 1.61. The summed E-state index contributed by atoms with van der Waals surface area (Å²) < 4.78 is 49.3. The van der Waals surface area contributed by atoms with E-state index in [0.717, 1.165) is 4.46 Å². The van der Waals surface area contributed by atoms with Gasteiger partial charge in [-0.15, -0.1) is 0 Å². The molecular weight excluding hydrogens is 438 g/mol. The van der Waals surface area contributed by atoms with Crippen molar-refractivity contribution in [2.75, 3.05) is 19.0 Å². The summed E-state index contributed by atoms with van der Waals surface area (Å²) in [6.07, 6.45) is -4.47. The first kappa shape index (κ1) is 22.3. The van der Waals surface area contributed by atoms with Crippen molar-refractivity contribution in [3.8, 4) is 5.75 Å². The summed E-state index contributed by atoms with van der Waals surface area (Å²) in [7, 11) is 1.48. The Labute approximate surface area is 168 Å². The van der Waals surface area contributed by atoms with E-state index >= 15 is 0 Å². The average molecular weight is 460 g/mol. The van der Waals surface area contributed by atoms with Gasteiger partial charge in [0.1, 0.15) is 0 Å². The molecule has 0 aliphatic carbocycles. The maximum atomic E-state index is 13.0. The predicted molar refractivity (Wildman–Crippen MR) is 103 cm³/mol. The van der Waals surface area contributed by atoms with Crippen LogP contribution in [0.4, 0.5) is 18.9 Å². The molecular formula is C20H22F3NO3Se. The van der Waals surface area contributed by atoms with E-state index in [0.29, 0.717) is 11.4 Å². The average Bonchev–Trinajstić information content (AvgIpc) is 2.65. The number of rotatable bonds is 8. The molecule has 0 spiro atoms. The van der Waals surface area contributed by atoms with Gasteiger partial charge in [0.25, 0.3) is 0 Å². The molecule has 0 aliphatic rings. The Kier molecular flexibility index (Phi) is 7.52. The number of nitrogens with one attached hydrogen (secondary N) is 1. The van der Waals surface area contributed by atoms with Gasteiger partial charge in [-0.25, -0.2) is 0 Å². The Morgan fingerprint density at radius 1 is 1.07 bits per heavy atom. The summed E-state index contributed by atoms with van der Waals surface area (Å²) in [6, 6.07) is 16.1. The molecule has 0 aliphatic heterocycles. The molecule has 2 aromatic carbocycles. The predicted octanol–water partition coefficient (Wildman–Crippen LogP) is 3.81. The van der Waals surface area contributed by atoms with Crippen molar-refractivity contribution < 1.29 is 27.4 Å². The maximum absolute atomic E-state index is 13.0. The zero-order valence-electron chi connectivity index (χ0n) is 15.7. The van der Waals surface area contributed by atoms with Crippen LogP contribution in [-0.2, 0) is 9.53 Å². The molecule has 0 saturated heterocycles. The second-order valence-corrected chi connectivity index (χ2v) is 8.98. The second kappa shape index (κ2) is 9.45. The molecule has 4 nitrogen and oxygen atoms in total. The Hall–Kier alpha value is -2.02. The molecule has 1 N–H and O–H groups in total. The molecule has 0 radical (unpaired) electrons. The zero-order chi connectivity index (χ0) is 20.8. The SMILES string of the molecule is COc1ccccc1NC(=O)C([Se]c1ccccc1)C(C)(C)OCC(F)(F)F. The van der Waals surface area contributed by atoms with Crippen molar-refractivity contribution in [3.05, 3.63) is 54.6 Å². The molecule has 2 aromatic rings. The fourth-order valence-corrected chi connectivity index (χ4v) is 4.75. The van der Waals surface area contributed by atoms with Crippen LogP contribution in [0.25, 0.3) is 0 Å². The van der Waals surface area contributed by atoms with Gasteiger partial charge >= 0.3 is 168 Å². The first-order chi connectivity index (χ1) is 13.1. The standard InChI is InChI=1S/C20H22F3NO3Se/c1-19(2,27-13-20(21,22)23)17(28-14-9-5-4-6-10-14)18(25)24-15-11-7-8-12-16(15)26-3/h4-12,17H,13H2,1-3H3,(H,24,25). The van der Waals surface area contributed by atoms with Crippen molar-refractivity contribution in [1.29, 1.82) is 0 Å². The summed E-state index contributed by atoms with van der Waals surface area (Å²) >= 11 is -0.456. The monoisotopic (exact) mass is 461 g/mol. The summed E-state index contributed by atoms with van der Waals surface area (Å²) in [5.41, 5.74) is -0.868. The Balaban J connectivity index is 2.27. The van der Waals surface area contributed by atoms with E-state index in [1.165, 1.54) is 21.0 Å². The van der Waals surface area contributed by atoms with E-state index in [9.17, 15) is 18.0 Å². The zero-order valence-corrected chi connectivity index (χ0v) is 17.5. The number of amides is 1. The van der Waals surface area contributed by atoms with Crippen molar-refractivity contribution in [1.82, 2.24) is 0 Å². The fraction of sp³-hybridized carbons (Fsp3) is 0.350. The molecule has 2 rings (SSSR count). The number of anilines is 1. The van der Waals surface area contributed by atoms with Crippen LogP contribution in [-0.4, -0.2) is 46.4 Å². The topological polar surface area (TPSA) is 47.6 Å². The Bertz CT molecular complexity index is 782. The van der Waals surface area contributed by atoms with Gasteiger partial charge in [0.2, 0.25) is 0 Å². The number of carbonyl (C=O) groups excluding carboxylic acids is 1. The third kappa shape index (κ3) is 6.55. The Morgan fingerprint density at radius 2 is 1.68 bits per heavy atom. The quantitative estimate of drug-likeness (QED) is 0.610. The normalized spacial score (nSPS) is 13.1. The van der Waals surface area contributed by atoms with E-state index < -0.39 is 44.1 Å². The van der Waals surface area contributed by atoms with Gasteiger partial charge in [-0.3, -0.25) is 0 Å². The minimum atomic E-state index is -4.47. The number of para-hydroxylation sites is 2. The molecule has 0 fully saturated rings. The molecule has 0 heterocycles. The number of carbonyl (C=O) groups is 1. The van der Waals surface area contributed by atoms with E-state index in [-0.39, 0.29) is 0 Å². The summed E-state index contributed by atoms with van der Waals surface area (Å²) in [4.78, 5) is 12.2. The van der Waals surface area contributed by atoms with Crippen molar-refractivity contribution in [2.45, 2.75) is 30.4 Å². The van der Waals surface area contributed by atoms with Crippen LogP contribution in [0.3, 0.4) is 0 Å². The number of halogens is 3. The Morgan fingerprint density at radius 3 is 2.29 bits per heavy atom.